The number of hydrogen-bond donors (Lipinski definition) is 0. The van der Waals surface area contributed by atoms with Crippen LogP contribution in [0.4, 0.5) is 5.69 Å². The number of rotatable bonds is 11. The van der Waals surface area contributed by atoms with Gasteiger partial charge in [-0.25, -0.2) is 4.79 Å². The molecule has 0 heterocycles. The smallest absolute Gasteiger partial charge is 0.338 e. The van der Waals surface area contributed by atoms with E-state index >= 15 is 0 Å². The zero-order valence-electron chi connectivity index (χ0n) is 13.9. The van der Waals surface area contributed by atoms with E-state index in [0.29, 0.717) is 18.1 Å². The zero-order chi connectivity index (χ0) is 17.1. The van der Waals surface area contributed by atoms with Crippen molar-refractivity contribution in [2.24, 2.45) is 0 Å². The van der Waals surface area contributed by atoms with Crippen molar-refractivity contribution in [1.82, 2.24) is 0 Å². The molecule has 0 aromatic heterocycles. The number of ether oxygens (including phenoxy) is 1. The van der Waals surface area contributed by atoms with E-state index in [2.05, 4.69) is 18.1 Å². The third kappa shape index (κ3) is 6.11. The predicted molar refractivity (Wildman–Crippen MR) is 98.7 cm³/mol. The van der Waals surface area contributed by atoms with Gasteiger partial charge in [0.15, 0.2) is 0 Å². The lowest BCUT2D eigenvalue weighted by atomic mass is 10.0. The summed E-state index contributed by atoms with van der Waals surface area (Å²) in [5.41, 5.74) is 2.82. The Hall–Kier alpha value is -1.74. The average Bonchev–Trinajstić information content (AvgIpc) is 2.55. The summed E-state index contributed by atoms with van der Waals surface area (Å²) in [6, 6.07) is 5.73. The molecule has 0 saturated heterocycles. The highest BCUT2D eigenvalue weighted by atomic mass is 35.5. The van der Waals surface area contributed by atoms with Crippen molar-refractivity contribution in [3.05, 3.63) is 54.6 Å². The van der Waals surface area contributed by atoms with Crippen molar-refractivity contribution < 1.29 is 9.53 Å². The van der Waals surface area contributed by atoms with E-state index in [-0.39, 0.29) is 5.97 Å². The molecule has 0 bridgehead atoms. The fraction of sp³-hybridized carbons (Fsp3) is 0.421. The largest absolute Gasteiger partial charge is 0.462 e. The number of anilines is 1. The molecule has 0 fully saturated rings. The molecular weight excluding hydrogens is 310 g/mol. The zero-order valence-corrected chi connectivity index (χ0v) is 14.6. The molecule has 3 nitrogen and oxygen atoms in total. The third-order valence-corrected chi connectivity index (χ3v) is 3.73. The lowest BCUT2D eigenvalue weighted by Crippen LogP contribution is -2.24. The Bertz CT molecular complexity index is 518. The minimum atomic E-state index is -0.281. The monoisotopic (exact) mass is 335 g/mol. The number of esters is 1. The van der Waals surface area contributed by atoms with Crippen LogP contribution in [-0.2, 0) is 11.2 Å². The Kier molecular flexibility index (Phi) is 9.15. The Morgan fingerprint density at radius 1 is 1.26 bits per heavy atom. The van der Waals surface area contributed by atoms with Crippen molar-refractivity contribution >= 4 is 23.3 Å². The first-order valence-corrected chi connectivity index (χ1v) is 8.54. The summed E-state index contributed by atoms with van der Waals surface area (Å²) in [6.07, 6.45) is 6.54. The van der Waals surface area contributed by atoms with E-state index in [4.69, 9.17) is 16.3 Å². The van der Waals surface area contributed by atoms with Gasteiger partial charge in [-0.2, -0.15) is 0 Å². The van der Waals surface area contributed by atoms with Crippen LogP contribution >= 0.6 is 11.6 Å². The van der Waals surface area contributed by atoms with E-state index in [1.54, 1.807) is 0 Å². The fourth-order valence-corrected chi connectivity index (χ4v) is 2.62. The van der Waals surface area contributed by atoms with Gasteiger partial charge in [-0.05, 0) is 49.9 Å². The van der Waals surface area contributed by atoms with Crippen molar-refractivity contribution in [2.75, 3.05) is 30.5 Å². The van der Waals surface area contributed by atoms with Gasteiger partial charge in [-0.1, -0.05) is 12.2 Å². The number of benzene rings is 1. The minimum Gasteiger partial charge on any atom is -0.462 e. The highest BCUT2D eigenvalue weighted by Gasteiger charge is 2.14. The van der Waals surface area contributed by atoms with Crippen molar-refractivity contribution in [1.29, 1.82) is 0 Å². The van der Waals surface area contributed by atoms with E-state index in [9.17, 15) is 4.79 Å². The molecule has 1 aromatic carbocycles. The van der Waals surface area contributed by atoms with Gasteiger partial charge in [0.2, 0.25) is 0 Å². The van der Waals surface area contributed by atoms with E-state index in [0.717, 1.165) is 43.6 Å². The second-order valence-electron chi connectivity index (χ2n) is 5.19. The van der Waals surface area contributed by atoms with Crippen LogP contribution in [0.1, 0.15) is 35.7 Å². The number of carbonyl (C=O) groups excluding carboxylic acids is 1. The van der Waals surface area contributed by atoms with Crippen LogP contribution in [0.25, 0.3) is 0 Å². The van der Waals surface area contributed by atoms with Gasteiger partial charge >= 0.3 is 5.97 Å². The van der Waals surface area contributed by atoms with Crippen LogP contribution in [0.15, 0.2) is 43.5 Å². The number of alkyl halides is 1. The van der Waals surface area contributed by atoms with Crippen LogP contribution < -0.4 is 4.90 Å². The number of halogens is 1. The first-order chi connectivity index (χ1) is 11.2. The summed E-state index contributed by atoms with van der Waals surface area (Å²) in [5.74, 6) is 0.368. The van der Waals surface area contributed by atoms with Gasteiger partial charge in [0.05, 0.1) is 12.2 Å². The third-order valence-electron chi connectivity index (χ3n) is 3.46. The molecule has 0 aliphatic heterocycles. The van der Waals surface area contributed by atoms with Crippen LogP contribution in [0.2, 0.25) is 0 Å². The van der Waals surface area contributed by atoms with E-state index < -0.39 is 0 Å². The quantitative estimate of drug-likeness (QED) is 0.256. The second kappa shape index (κ2) is 10.9. The molecule has 0 unspecified atom stereocenters. The van der Waals surface area contributed by atoms with Crippen LogP contribution in [0, 0.1) is 0 Å². The van der Waals surface area contributed by atoms with E-state index in [1.807, 2.05) is 37.3 Å². The van der Waals surface area contributed by atoms with Crippen LogP contribution in [-0.4, -0.2) is 31.5 Å². The Labute approximate surface area is 144 Å². The highest BCUT2D eigenvalue weighted by Crippen LogP contribution is 2.25. The van der Waals surface area contributed by atoms with Gasteiger partial charge < -0.3 is 9.64 Å². The molecule has 0 atom stereocenters. The normalized spacial score (nSPS) is 10.2. The van der Waals surface area contributed by atoms with Crippen LogP contribution in [0.3, 0.4) is 0 Å². The molecule has 0 saturated carbocycles. The molecule has 0 N–H and O–H groups in total. The number of aryl methyl sites for hydroxylation is 1. The van der Waals surface area contributed by atoms with Gasteiger partial charge in [0.1, 0.15) is 0 Å². The van der Waals surface area contributed by atoms with Gasteiger partial charge in [0.25, 0.3) is 0 Å². The average molecular weight is 336 g/mol. The molecule has 0 aliphatic rings. The van der Waals surface area contributed by atoms with Gasteiger partial charge in [-0.15, -0.1) is 24.8 Å². The summed E-state index contributed by atoms with van der Waals surface area (Å²) < 4.78 is 5.10. The number of carbonyl (C=O) groups is 1. The summed E-state index contributed by atoms with van der Waals surface area (Å²) in [5, 5.41) is 0. The number of hydrogen-bond acceptors (Lipinski definition) is 3. The van der Waals surface area contributed by atoms with E-state index in [1.165, 1.54) is 0 Å². The van der Waals surface area contributed by atoms with Crippen molar-refractivity contribution in [3.8, 4) is 0 Å². The predicted octanol–water partition coefficient (Wildman–Crippen LogP) is 4.60. The number of nitrogens with zero attached hydrogens (tertiary/aromatic N) is 1. The minimum absolute atomic E-state index is 0.281. The maximum atomic E-state index is 12.0. The molecule has 126 valence electrons. The number of unbranched alkanes of at least 4 members (excludes halogenated alkanes) is 1. The highest BCUT2D eigenvalue weighted by molar-refractivity contribution is 6.17. The SMILES string of the molecule is C=CCN(CC=C)c1ccc(C(=O)OCC)cc1CCCCCl. The van der Waals surface area contributed by atoms with Crippen molar-refractivity contribution in [3.63, 3.8) is 0 Å². The fourth-order valence-electron chi connectivity index (χ4n) is 2.43. The maximum Gasteiger partial charge on any atom is 0.338 e. The summed E-state index contributed by atoms with van der Waals surface area (Å²) >= 11 is 5.78. The Morgan fingerprint density at radius 3 is 2.52 bits per heavy atom. The maximum absolute atomic E-state index is 12.0. The molecule has 1 aromatic rings. The lowest BCUT2D eigenvalue weighted by molar-refractivity contribution is 0.0526. The Morgan fingerprint density at radius 2 is 1.96 bits per heavy atom. The topological polar surface area (TPSA) is 29.5 Å². The summed E-state index contributed by atoms with van der Waals surface area (Å²) in [7, 11) is 0. The van der Waals surface area contributed by atoms with Gasteiger partial charge in [0, 0.05) is 24.7 Å². The molecule has 0 amide bonds. The molecule has 4 heteroatoms. The molecule has 23 heavy (non-hydrogen) atoms. The molecule has 0 aliphatic carbocycles. The van der Waals surface area contributed by atoms with Gasteiger partial charge in [-0.3, -0.25) is 0 Å². The first-order valence-electron chi connectivity index (χ1n) is 8.00. The molecule has 0 spiro atoms. The molecular formula is C19H26ClNO2. The molecule has 1 rings (SSSR count). The lowest BCUT2D eigenvalue weighted by Gasteiger charge is -2.25. The standard InChI is InChI=1S/C19H26ClNO2/c1-4-13-21(14-5-2)18-11-10-17(19(22)23-6-3)15-16(18)9-7-8-12-20/h4-5,10-11,15H,1-2,6-9,12-14H2,3H3. The molecule has 0 radical (unpaired) electrons. The van der Waals surface area contributed by atoms with Crippen molar-refractivity contribution in [2.45, 2.75) is 26.2 Å². The Balaban J connectivity index is 3.12. The second-order valence-corrected chi connectivity index (χ2v) is 5.57. The van der Waals surface area contributed by atoms with Crippen LogP contribution in [0.5, 0.6) is 0 Å². The summed E-state index contributed by atoms with van der Waals surface area (Å²) in [6.45, 7) is 11.3. The summed E-state index contributed by atoms with van der Waals surface area (Å²) in [4.78, 5) is 14.2. The first kappa shape index (κ1) is 19.3.